The van der Waals surface area contributed by atoms with Gasteiger partial charge in [-0.05, 0) is 37.7 Å². The summed E-state index contributed by atoms with van der Waals surface area (Å²) in [7, 11) is 0. The van der Waals surface area contributed by atoms with Crippen molar-refractivity contribution < 1.29 is 19.9 Å². The number of benzene rings is 1. The fourth-order valence-electron chi connectivity index (χ4n) is 2.58. The summed E-state index contributed by atoms with van der Waals surface area (Å²) in [6.07, 6.45) is 3.08. The molecule has 2 rings (SSSR count). The van der Waals surface area contributed by atoms with Crippen molar-refractivity contribution in [3.05, 3.63) is 33.9 Å². The molecular formula is C14H18N2O5. The monoisotopic (exact) mass is 294 g/mol. The van der Waals surface area contributed by atoms with E-state index in [0.29, 0.717) is 18.2 Å². The van der Waals surface area contributed by atoms with Gasteiger partial charge in [-0.1, -0.05) is 0 Å². The topological polar surface area (TPSA) is 113 Å². The zero-order valence-corrected chi connectivity index (χ0v) is 11.5. The van der Waals surface area contributed by atoms with Crippen LogP contribution in [0, 0.1) is 16.0 Å². The number of carboxylic acid groups (broad SMARTS) is 1. The SMILES string of the molecule is O=C(O)c1cc([N+](=O)[O-])ccc1NCC1CCC(O)CC1. The molecule has 0 amide bonds. The summed E-state index contributed by atoms with van der Waals surface area (Å²) in [5.74, 6) is -0.814. The van der Waals surface area contributed by atoms with Gasteiger partial charge in [-0.2, -0.15) is 0 Å². The molecule has 0 aromatic heterocycles. The van der Waals surface area contributed by atoms with E-state index >= 15 is 0 Å². The predicted molar refractivity (Wildman–Crippen MR) is 76.5 cm³/mol. The Morgan fingerprint density at radius 2 is 2.00 bits per heavy atom. The van der Waals surface area contributed by atoms with Crippen LogP contribution in [-0.2, 0) is 0 Å². The van der Waals surface area contributed by atoms with Crippen LogP contribution < -0.4 is 5.32 Å². The molecular weight excluding hydrogens is 276 g/mol. The Morgan fingerprint density at radius 3 is 2.57 bits per heavy atom. The Balaban J connectivity index is 2.05. The number of aliphatic hydroxyl groups is 1. The minimum absolute atomic E-state index is 0.0972. The second-order valence-electron chi connectivity index (χ2n) is 5.35. The van der Waals surface area contributed by atoms with Gasteiger partial charge >= 0.3 is 5.97 Å². The van der Waals surface area contributed by atoms with Crippen molar-refractivity contribution in [2.75, 3.05) is 11.9 Å². The third-order valence-electron chi connectivity index (χ3n) is 3.84. The number of hydrogen-bond acceptors (Lipinski definition) is 5. The second kappa shape index (κ2) is 6.53. The molecule has 0 heterocycles. The second-order valence-corrected chi connectivity index (χ2v) is 5.35. The van der Waals surface area contributed by atoms with Crippen LogP contribution in [0.3, 0.4) is 0 Å². The molecule has 0 saturated heterocycles. The van der Waals surface area contributed by atoms with Crippen molar-refractivity contribution in [3.8, 4) is 0 Å². The van der Waals surface area contributed by atoms with Gasteiger partial charge in [0.05, 0.1) is 16.6 Å². The van der Waals surface area contributed by atoms with E-state index in [1.165, 1.54) is 12.1 Å². The van der Waals surface area contributed by atoms with Gasteiger partial charge in [-0.15, -0.1) is 0 Å². The normalized spacial score (nSPS) is 21.8. The zero-order chi connectivity index (χ0) is 15.4. The fraction of sp³-hybridized carbons (Fsp3) is 0.500. The van der Waals surface area contributed by atoms with Gasteiger partial charge in [0.1, 0.15) is 0 Å². The Bertz CT molecular complexity index is 538. The van der Waals surface area contributed by atoms with Crippen LogP contribution >= 0.6 is 0 Å². The van der Waals surface area contributed by atoms with Gasteiger partial charge in [0, 0.05) is 24.4 Å². The molecule has 1 aromatic carbocycles. The van der Waals surface area contributed by atoms with E-state index < -0.39 is 10.9 Å². The largest absolute Gasteiger partial charge is 0.478 e. The summed E-state index contributed by atoms with van der Waals surface area (Å²) < 4.78 is 0. The third-order valence-corrected chi connectivity index (χ3v) is 3.84. The van der Waals surface area contributed by atoms with E-state index in [1.54, 1.807) is 0 Å². The number of non-ortho nitro benzene ring substituents is 1. The van der Waals surface area contributed by atoms with Crippen LogP contribution in [0.2, 0.25) is 0 Å². The minimum atomic E-state index is -1.19. The molecule has 0 aliphatic heterocycles. The highest BCUT2D eigenvalue weighted by Gasteiger charge is 2.21. The van der Waals surface area contributed by atoms with Gasteiger partial charge in [-0.3, -0.25) is 10.1 Å². The molecule has 0 spiro atoms. The number of carbonyl (C=O) groups is 1. The van der Waals surface area contributed by atoms with E-state index in [-0.39, 0.29) is 17.4 Å². The smallest absolute Gasteiger partial charge is 0.338 e. The first kappa shape index (κ1) is 15.2. The summed E-state index contributed by atoms with van der Waals surface area (Å²) in [5, 5.41) is 32.3. The first-order valence-corrected chi connectivity index (χ1v) is 6.91. The third kappa shape index (κ3) is 3.91. The lowest BCUT2D eigenvalue weighted by Gasteiger charge is -2.26. The fourth-order valence-corrected chi connectivity index (χ4v) is 2.58. The van der Waals surface area contributed by atoms with Gasteiger partial charge in [0.15, 0.2) is 0 Å². The molecule has 0 bridgehead atoms. The molecule has 1 fully saturated rings. The highest BCUT2D eigenvalue weighted by Crippen LogP contribution is 2.26. The molecule has 7 heteroatoms. The number of nitro benzene ring substituents is 1. The number of rotatable bonds is 5. The van der Waals surface area contributed by atoms with Crippen LogP contribution in [0.25, 0.3) is 0 Å². The highest BCUT2D eigenvalue weighted by atomic mass is 16.6. The first-order valence-electron chi connectivity index (χ1n) is 6.91. The first-order chi connectivity index (χ1) is 9.97. The molecule has 21 heavy (non-hydrogen) atoms. The van der Waals surface area contributed by atoms with E-state index in [2.05, 4.69) is 5.32 Å². The average Bonchev–Trinajstić information content (AvgIpc) is 2.46. The minimum Gasteiger partial charge on any atom is -0.478 e. The van der Waals surface area contributed by atoms with Crippen molar-refractivity contribution in [2.45, 2.75) is 31.8 Å². The number of anilines is 1. The van der Waals surface area contributed by atoms with Crippen LogP contribution in [0.5, 0.6) is 0 Å². The van der Waals surface area contributed by atoms with E-state index in [1.807, 2.05) is 0 Å². The summed E-state index contributed by atoms with van der Waals surface area (Å²) in [4.78, 5) is 21.3. The number of hydrogen-bond donors (Lipinski definition) is 3. The number of aromatic carboxylic acids is 1. The summed E-state index contributed by atoms with van der Waals surface area (Å²) in [6, 6.07) is 3.79. The molecule has 0 unspecified atom stereocenters. The van der Waals surface area contributed by atoms with Gasteiger partial charge in [-0.25, -0.2) is 4.79 Å². The van der Waals surface area contributed by atoms with Gasteiger partial charge in [0.25, 0.3) is 5.69 Å². The van der Waals surface area contributed by atoms with E-state index in [0.717, 1.165) is 31.7 Å². The number of nitrogens with one attached hydrogen (secondary N) is 1. The van der Waals surface area contributed by atoms with Gasteiger partial charge < -0.3 is 15.5 Å². The van der Waals surface area contributed by atoms with Gasteiger partial charge in [0.2, 0.25) is 0 Å². The van der Waals surface area contributed by atoms with Crippen LogP contribution in [0.4, 0.5) is 11.4 Å². The van der Waals surface area contributed by atoms with E-state index in [4.69, 9.17) is 5.11 Å². The zero-order valence-electron chi connectivity index (χ0n) is 11.5. The van der Waals surface area contributed by atoms with Crippen molar-refractivity contribution in [1.82, 2.24) is 0 Å². The molecule has 1 saturated carbocycles. The lowest BCUT2D eigenvalue weighted by Crippen LogP contribution is -2.24. The quantitative estimate of drug-likeness (QED) is 0.567. The van der Waals surface area contributed by atoms with Crippen LogP contribution in [0.15, 0.2) is 18.2 Å². The number of aliphatic hydroxyl groups excluding tert-OH is 1. The molecule has 0 radical (unpaired) electrons. The molecule has 1 aliphatic carbocycles. The summed E-state index contributed by atoms with van der Waals surface area (Å²) in [5.41, 5.74) is 0.0537. The van der Waals surface area contributed by atoms with E-state index in [9.17, 15) is 20.0 Å². The Morgan fingerprint density at radius 1 is 1.33 bits per heavy atom. The maximum Gasteiger partial charge on any atom is 0.338 e. The predicted octanol–water partition coefficient (Wildman–Crippen LogP) is 2.26. The summed E-state index contributed by atoms with van der Waals surface area (Å²) >= 11 is 0. The van der Waals surface area contributed by atoms with Crippen LogP contribution in [-0.4, -0.2) is 33.8 Å². The van der Waals surface area contributed by atoms with Crippen molar-refractivity contribution in [3.63, 3.8) is 0 Å². The Labute approximate surface area is 121 Å². The molecule has 0 atom stereocenters. The molecule has 7 nitrogen and oxygen atoms in total. The number of nitrogens with zero attached hydrogens (tertiary/aromatic N) is 1. The molecule has 1 aromatic rings. The molecule has 1 aliphatic rings. The van der Waals surface area contributed by atoms with Crippen molar-refractivity contribution in [1.29, 1.82) is 0 Å². The number of nitro groups is 1. The highest BCUT2D eigenvalue weighted by molar-refractivity contribution is 5.95. The maximum absolute atomic E-state index is 11.2. The van der Waals surface area contributed by atoms with Crippen molar-refractivity contribution in [2.24, 2.45) is 5.92 Å². The van der Waals surface area contributed by atoms with Crippen LogP contribution in [0.1, 0.15) is 36.0 Å². The lowest BCUT2D eigenvalue weighted by atomic mass is 9.87. The summed E-state index contributed by atoms with van der Waals surface area (Å²) in [6.45, 7) is 0.602. The Kier molecular flexibility index (Phi) is 4.74. The molecule has 3 N–H and O–H groups in total. The van der Waals surface area contributed by atoms with Crippen molar-refractivity contribution >= 4 is 17.3 Å². The lowest BCUT2D eigenvalue weighted by molar-refractivity contribution is -0.384. The average molecular weight is 294 g/mol. The standard InChI is InChI=1S/C14H18N2O5/c17-11-4-1-9(2-5-11)8-15-13-6-3-10(16(20)21)7-12(13)14(18)19/h3,6-7,9,11,15,17H,1-2,4-5,8H2,(H,18,19). The maximum atomic E-state index is 11.2. The molecule has 114 valence electrons. The Hall–Kier alpha value is -2.15. The number of carboxylic acids is 1.